The zero-order valence-electron chi connectivity index (χ0n) is 10.1. The van der Waals surface area contributed by atoms with E-state index in [2.05, 4.69) is 36.6 Å². The molecule has 2 atom stereocenters. The standard InChI is InChI=1S/C13H16N2OSi/c1-17(2,10-6-4-3-5-7-10)12-8-13(16)15-11(12)9-14/h3-7,11-12H,8H2,1-2H3,(H,15,16)/t11-,12+/m0/s1. The minimum Gasteiger partial charge on any atom is -0.340 e. The number of carbonyl (C=O) groups excluding carboxylic acids is 1. The highest BCUT2D eigenvalue weighted by Gasteiger charge is 2.44. The molecule has 0 radical (unpaired) electrons. The smallest absolute Gasteiger partial charge is 0.221 e. The number of rotatable bonds is 2. The van der Waals surface area contributed by atoms with Gasteiger partial charge < -0.3 is 5.32 Å². The lowest BCUT2D eigenvalue weighted by Crippen LogP contribution is -2.49. The first kappa shape index (κ1) is 11.9. The highest BCUT2D eigenvalue weighted by molar-refractivity contribution is 6.91. The minimum atomic E-state index is -1.78. The lowest BCUT2D eigenvalue weighted by Gasteiger charge is -2.30. The quantitative estimate of drug-likeness (QED) is 0.799. The van der Waals surface area contributed by atoms with Gasteiger partial charge in [0.15, 0.2) is 0 Å². The second-order valence-electron chi connectivity index (χ2n) is 5.07. The van der Waals surface area contributed by atoms with Gasteiger partial charge in [0.1, 0.15) is 6.04 Å². The Hall–Kier alpha value is -1.60. The molecule has 1 saturated heterocycles. The summed E-state index contributed by atoms with van der Waals surface area (Å²) in [5, 5.41) is 13.2. The number of hydrogen-bond donors (Lipinski definition) is 1. The third-order valence-electron chi connectivity index (χ3n) is 3.71. The molecule has 1 fully saturated rings. The Labute approximate surface area is 102 Å². The fraction of sp³-hybridized carbons (Fsp3) is 0.385. The van der Waals surface area contributed by atoms with Crippen molar-refractivity contribution in [1.29, 1.82) is 5.26 Å². The van der Waals surface area contributed by atoms with Crippen LogP contribution >= 0.6 is 0 Å². The summed E-state index contributed by atoms with van der Waals surface area (Å²) in [5.41, 5.74) is 0.169. The van der Waals surface area contributed by atoms with Gasteiger partial charge in [0.25, 0.3) is 0 Å². The van der Waals surface area contributed by atoms with E-state index in [0.717, 1.165) is 0 Å². The molecular weight excluding hydrogens is 228 g/mol. The van der Waals surface area contributed by atoms with E-state index in [9.17, 15) is 4.79 Å². The van der Waals surface area contributed by atoms with E-state index in [0.29, 0.717) is 6.42 Å². The molecule has 1 aromatic rings. The SMILES string of the molecule is C[Si](C)(c1ccccc1)[C@@H]1CC(=O)N[C@H]1C#N. The van der Waals surface area contributed by atoms with Gasteiger partial charge in [0, 0.05) is 12.0 Å². The maximum atomic E-state index is 11.5. The van der Waals surface area contributed by atoms with Gasteiger partial charge in [-0.25, -0.2) is 0 Å². The Morgan fingerprint density at radius 3 is 2.59 bits per heavy atom. The van der Waals surface area contributed by atoms with Crippen molar-refractivity contribution in [2.45, 2.75) is 31.1 Å². The summed E-state index contributed by atoms with van der Waals surface area (Å²) >= 11 is 0. The van der Waals surface area contributed by atoms with Crippen LogP contribution in [0, 0.1) is 11.3 Å². The largest absolute Gasteiger partial charge is 0.340 e. The third kappa shape index (κ3) is 2.11. The van der Waals surface area contributed by atoms with Crippen LogP contribution in [0.5, 0.6) is 0 Å². The van der Waals surface area contributed by atoms with Crippen molar-refractivity contribution < 1.29 is 4.79 Å². The Morgan fingerprint density at radius 2 is 2.00 bits per heavy atom. The predicted molar refractivity (Wildman–Crippen MR) is 69.5 cm³/mol. The van der Waals surface area contributed by atoms with E-state index in [1.54, 1.807) is 0 Å². The number of nitrogens with one attached hydrogen (secondary N) is 1. The lowest BCUT2D eigenvalue weighted by molar-refractivity contribution is -0.119. The number of hydrogen-bond acceptors (Lipinski definition) is 2. The van der Waals surface area contributed by atoms with Crippen LogP contribution in [-0.4, -0.2) is 20.0 Å². The molecular formula is C13H16N2OSi. The molecule has 1 aliphatic heterocycles. The van der Waals surface area contributed by atoms with Crippen molar-refractivity contribution in [1.82, 2.24) is 5.32 Å². The highest BCUT2D eigenvalue weighted by atomic mass is 28.3. The molecule has 17 heavy (non-hydrogen) atoms. The first-order valence-electron chi connectivity index (χ1n) is 5.80. The van der Waals surface area contributed by atoms with Gasteiger partial charge >= 0.3 is 0 Å². The van der Waals surface area contributed by atoms with Crippen LogP contribution < -0.4 is 10.5 Å². The van der Waals surface area contributed by atoms with Crippen molar-refractivity contribution in [3.05, 3.63) is 30.3 Å². The van der Waals surface area contributed by atoms with Crippen LogP contribution in [0.4, 0.5) is 0 Å². The van der Waals surface area contributed by atoms with Crippen LogP contribution in [-0.2, 0) is 4.79 Å². The van der Waals surface area contributed by atoms with E-state index in [4.69, 9.17) is 5.26 Å². The number of carbonyl (C=O) groups is 1. The summed E-state index contributed by atoms with van der Waals surface area (Å²) in [4.78, 5) is 11.5. The van der Waals surface area contributed by atoms with Gasteiger partial charge in [-0.2, -0.15) is 5.26 Å². The van der Waals surface area contributed by atoms with Gasteiger partial charge in [-0.15, -0.1) is 0 Å². The predicted octanol–water partition coefficient (Wildman–Crippen LogP) is 1.38. The van der Waals surface area contributed by atoms with Gasteiger partial charge in [-0.3, -0.25) is 4.79 Å². The van der Waals surface area contributed by atoms with Crippen LogP contribution in [0.15, 0.2) is 30.3 Å². The van der Waals surface area contributed by atoms with Gasteiger partial charge in [0.05, 0.1) is 14.1 Å². The summed E-state index contributed by atoms with van der Waals surface area (Å²) in [6.45, 7) is 4.47. The summed E-state index contributed by atoms with van der Waals surface area (Å²) in [6, 6.07) is 12.2. The van der Waals surface area contributed by atoms with Crippen LogP contribution in [0.2, 0.25) is 18.6 Å². The summed E-state index contributed by atoms with van der Waals surface area (Å²) in [6.07, 6.45) is 0.492. The molecule has 0 aliphatic carbocycles. The van der Waals surface area contributed by atoms with Crippen LogP contribution in [0.25, 0.3) is 0 Å². The van der Waals surface area contributed by atoms with Crippen molar-refractivity contribution in [2.24, 2.45) is 0 Å². The number of amides is 1. The van der Waals surface area contributed by atoms with Crippen molar-refractivity contribution in [3.63, 3.8) is 0 Å². The van der Waals surface area contributed by atoms with E-state index >= 15 is 0 Å². The van der Waals surface area contributed by atoms with E-state index < -0.39 is 8.07 Å². The first-order chi connectivity index (χ1) is 8.05. The molecule has 0 unspecified atom stereocenters. The van der Waals surface area contributed by atoms with E-state index in [1.807, 2.05) is 18.2 Å². The molecule has 2 rings (SSSR count). The zero-order valence-corrected chi connectivity index (χ0v) is 11.1. The molecule has 0 spiro atoms. The summed E-state index contributed by atoms with van der Waals surface area (Å²) in [7, 11) is -1.78. The molecule has 1 heterocycles. The van der Waals surface area contributed by atoms with Crippen molar-refractivity contribution in [2.75, 3.05) is 0 Å². The molecule has 0 aromatic heterocycles. The fourth-order valence-electron chi connectivity index (χ4n) is 2.53. The van der Waals surface area contributed by atoms with Gasteiger partial charge in [-0.05, 0) is 0 Å². The minimum absolute atomic E-state index is 0.0121. The average Bonchev–Trinajstić information content (AvgIpc) is 2.72. The fourth-order valence-corrected chi connectivity index (χ4v) is 5.69. The molecule has 3 nitrogen and oxygen atoms in total. The van der Waals surface area contributed by atoms with Crippen LogP contribution in [0.3, 0.4) is 0 Å². The van der Waals surface area contributed by atoms with Crippen molar-refractivity contribution in [3.8, 4) is 6.07 Å². The normalized spacial score (nSPS) is 24.2. The monoisotopic (exact) mass is 244 g/mol. The van der Waals surface area contributed by atoms with Crippen molar-refractivity contribution >= 4 is 19.2 Å². The second kappa shape index (κ2) is 4.34. The third-order valence-corrected chi connectivity index (χ3v) is 7.92. The summed E-state index contributed by atoms with van der Waals surface area (Å²) < 4.78 is 0. The summed E-state index contributed by atoms with van der Waals surface area (Å²) in [5.74, 6) is 0.0121. The lowest BCUT2D eigenvalue weighted by atomic mass is 10.2. The number of nitrogens with zero attached hydrogens (tertiary/aromatic N) is 1. The van der Waals surface area contributed by atoms with E-state index in [1.165, 1.54) is 5.19 Å². The Kier molecular flexibility index (Phi) is 3.03. The zero-order chi connectivity index (χ0) is 12.5. The molecule has 1 aliphatic rings. The Bertz CT molecular complexity index is 464. The number of nitriles is 1. The molecule has 0 bridgehead atoms. The molecule has 1 aromatic carbocycles. The van der Waals surface area contributed by atoms with Gasteiger partial charge in [-0.1, -0.05) is 48.6 Å². The first-order valence-corrected chi connectivity index (χ1v) is 8.88. The van der Waals surface area contributed by atoms with Gasteiger partial charge in [0.2, 0.25) is 5.91 Å². The highest BCUT2D eigenvalue weighted by Crippen LogP contribution is 2.32. The van der Waals surface area contributed by atoms with Crippen LogP contribution in [0.1, 0.15) is 6.42 Å². The molecule has 1 amide bonds. The molecule has 88 valence electrons. The van der Waals surface area contributed by atoms with E-state index in [-0.39, 0.29) is 17.5 Å². The second-order valence-corrected chi connectivity index (χ2v) is 9.83. The Balaban J connectivity index is 2.33. The topological polar surface area (TPSA) is 52.9 Å². The molecule has 4 heteroatoms. The number of benzene rings is 1. The maximum absolute atomic E-state index is 11.5. The Morgan fingerprint density at radius 1 is 1.35 bits per heavy atom. The molecule has 0 saturated carbocycles. The molecule has 1 N–H and O–H groups in total. The maximum Gasteiger partial charge on any atom is 0.221 e. The average molecular weight is 244 g/mol.